The Bertz CT molecular complexity index is 1010. The molecular formula is C17H17N7O. The van der Waals surface area contributed by atoms with Crippen molar-refractivity contribution in [1.29, 1.82) is 0 Å². The smallest absolute Gasteiger partial charge is 0.222 e. The normalized spacial score (nSPS) is 11.2. The second-order valence-electron chi connectivity index (χ2n) is 5.70. The average Bonchev–Trinajstić information content (AvgIpc) is 3.26. The Morgan fingerprint density at radius 2 is 1.96 bits per heavy atom. The van der Waals surface area contributed by atoms with Crippen LogP contribution >= 0.6 is 0 Å². The van der Waals surface area contributed by atoms with Crippen molar-refractivity contribution >= 4 is 17.1 Å². The van der Waals surface area contributed by atoms with Gasteiger partial charge >= 0.3 is 0 Å². The molecule has 0 unspecified atom stereocenters. The van der Waals surface area contributed by atoms with Gasteiger partial charge in [-0.05, 0) is 30.7 Å². The van der Waals surface area contributed by atoms with Crippen molar-refractivity contribution in [2.24, 2.45) is 0 Å². The topological polar surface area (TPSA) is 109 Å². The zero-order valence-electron chi connectivity index (χ0n) is 13.8. The first-order valence-corrected chi connectivity index (χ1v) is 8.10. The first kappa shape index (κ1) is 15.3. The molecule has 0 aromatic carbocycles. The van der Waals surface area contributed by atoms with E-state index in [9.17, 15) is 0 Å². The molecule has 0 radical (unpaired) electrons. The monoisotopic (exact) mass is 335 g/mol. The molecular weight excluding hydrogens is 318 g/mol. The average molecular weight is 335 g/mol. The van der Waals surface area contributed by atoms with E-state index in [4.69, 9.17) is 10.2 Å². The Balaban J connectivity index is 1.75. The van der Waals surface area contributed by atoms with Gasteiger partial charge in [-0.25, -0.2) is 9.67 Å². The summed E-state index contributed by atoms with van der Waals surface area (Å²) in [5, 5.41) is 8.42. The molecule has 0 saturated carbocycles. The first-order valence-electron chi connectivity index (χ1n) is 8.10. The van der Waals surface area contributed by atoms with Gasteiger partial charge in [-0.2, -0.15) is 4.98 Å². The van der Waals surface area contributed by atoms with Crippen LogP contribution in [0.15, 0.2) is 41.0 Å². The Morgan fingerprint density at radius 3 is 2.76 bits per heavy atom. The van der Waals surface area contributed by atoms with Crippen molar-refractivity contribution in [3.05, 3.63) is 48.0 Å². The highest BCUT2D eigenvalue weighted by Gasteiger charge is 2.17. The van der Waals surface area contributed by atoms with Crippen molar-refractivity contribution in [2.75, 3.05) is 5.73 Å². The van der Waals surface area contributed by atoms with Crippen LogP contribution in [0.4, 0.5) is 5.95 Å². The van der Waals surface area contributed by atoms with Gasteiger partial charge in [-0.15, -0.1) is 5.10 Å². The molecule has 4 aromatic rings. The van der Waals surface area contributed by atoms with Gasteiger partial charge in [0.05, 0.1) is 18.5 Å². The van der Waals surface area contributed by atoms with E-state index in [0.29, 0.717) is 29.2 Å². The van der Waals surface area contributed by atoms with Crippen molar-refractivity contribution in [3.63, 3.8) is 0 Å². The number of rotatable bonds is 5. The minimum Gasteiger partial charge on any atom is -0.463 e. The van der Waals surface area contributed by atoms with Crippen LogP contribution < -0.4 is 5.73 Å². The second kappa shape index (κ2) is 6.31. The molecule has 25 heavy (non-hydrogen) atoms. The van der Waals surface area contributed by atoms with E-state index in [2.05, 4.69) is 32.2 Å². The van der Waals surface area contributed by atoms with E-state index in [1.54, 1.807) is 23.1 Å². The summed E-state index contributed by atoms with van der Waals surface area (Å²) in [5.41, 5.74) is 9.47. The Morgan fingerprint density at radius 1 is 1.08 bits per heavy atom. The maximum absolute atomic E-state index is 5.87. The lowest BCUT2D eigenvalue weighted by Crippen LogP contribution is -2.07. The maximum Gasteiger partial charge on any atom is 0.222 e. The number of nitrogens with two attached hydrogens (primary N) is 1. The van der Waals surface area contributed by atoms with Gasteiger partial charge in [-0.3, -0.25) is 4.98 Å². The fraction of sp³-hybridized carbons (Fsp3) is 0.235. The molecule has 8 heteroatoms. The lowest BCUT2D eigenvalue weighted by atomic mass is 10.2. The third-order valence-corrected chi connectivity index (χ3v) is 3.82. The van der Waals surface area contributed by atoms with Crippen LogP contribution in [-0.4, -0.2) is 29.9 Å². The summed E-state index contributed by atoms with van der Waals surface area (Å²) >= 11 is 0. The first-order chi connectivity index (χ1) is 12.2. The fourth-order valence-corrected chi connectivity index (χ4v) is 2.73. The van der Waals surface area contributed by atoms with E-state index >= 15 is 0 Å². The number of fused-ring (bicyclic) bond motifs is 1. The molecule has 0 spiro atoms. The zero-order valence-corrected chi connectivity index (χ0v) is 13.8. The number of anilines is 1. The van der Waals surface area contributed by atoms with Crippen LogP contribution in [0, 0.1) is 0 Å². The zero-order chi connectivity index (χ0) is 17.2. The van der Waals surface area contributed by atoms with Crippen LogP contribution in [0.2, 0.25) is 0 Å². The van der Waals surface area contributed by atoms with Gasteiger partial charge < -0.3 is 10.2 Å². The van der Waals surface area contributed by atoms with Gasteiger partial charge in [-0.1, -0.05) is 24.6 Å². The van der Waals surface area contributed by atoms with Crippen LogP contribution in [0.25, 0.3) is 22.6 Å². The molecule has 4 heterocycles. The van der Waals surface area contributed by atoms with Crippen LogP contribution in [0.1, 0.15) is 24.7 Å². The fourth-order valence-electron chi connectivity index (χ4n) is 2.73. The summed E-state index contributed by atoms with van der Waals surface area (Å²) < 4.78 is 7.10. The molecule has 2 N–H and O–H groups in total. The van der Waals surface area contributed by atoms with E-state index in [1.165, 1.54) is 0 Å². The second-order valence-corrected chi connectivity index (χ2v) is 5.70. The molecule has 4 rings (SSSR count). The predicted octanol–water partition coefficient (Wildman–Crippen LogP) is 2.46. The number of aryl methyl sites for hydroxylation is 1. The summed E-state index contributed by atoms with van der Waals surface area (Å²) in [6.45, 7) is 2.59. The summed E-state index contributed by atoms with van der Waals surface area (Å²) in [6, 6.07) is 9.58. The Hall–Kier alpha value is -3.29. The third-order valence-electron chi connectivity index (χ3n) is 3.82. The molecule has 0 saturated heterocycles. The maximum atomic E-state index is 5.87. The highest BCUT2D eigenvalue weighted by molar-refractivity contribution is 5.85. The predicted molar refractivity (Wildman–Crippen MR) is 92.6 cm³/mol. The number of hydrogen-bond acceptors (Lipinski definition) is 7. The quantitative estimate of drug-likeness (QED) is 0.596. The van der Waals surface area contributed by atoms with Gasteiger partial charge in [0.2, 0.25) is 5.95 Å². The van der Waals surface area contributed by atoms with E-state index in [0.717, 1.165) is 24.2 Å². The Labute approximate surface area is 143 Å². The van der Waals surface area contributed by atoms with Gasteiger partial charge in [0.1, 0.15) is 5.69 Å². The number of pyridine rings is 1. The lowest BCUT2D eigenvalue weighted by molar-refractivity contribution is 0.580. The lowest BCUT2D eigenvalue weighted by Gasteiger charge is -2.05. The number of nitrogens with zero attached hydrogens (tertiary/aromatic N) is 6. The number of hydrogen-bond donors (Lipinski definition) is 1. The molecule has 0 atom stereocenters. The van der Waals surface area contributed by atoms with Crippen molar-refractivity contribution in [2.45, 2.75) is 26.3 Å². The molecule has 0 bridgehead atoms. The summed E-state index contributed by atoms with van der Waals surface area (Å²) in [4.78, 5) is 13.2. The molecule has 0 amide bonds. The van der Waals surface area contributed by atoms with Gasteiger partial charge in [0.25, 0.3) is 0 Å². The largest absolute Gasteiger partial charge is 0.463 e. The SMILES string of the molecule is CCCc1cccc(Cn2nnc3c(-c4ccco4)nc(N)nc32)n1. The van der Waals surface area contributed by atoms with Crippen molar-refractivity contribution < 1.29 is 4.42 Å². The van der Waals surface area contributed by atoms with Crippen LogP contribution in [0.3, 0.4) is 0 Å². The third kappa shape index (κ3) is 2.93. The van der Waals surface area contributed by atoms with Crippen LogP contribution in [-0.2, 0) is 13.0 Å². The summed E-state index contributed by atoms with van der Waals surface area (Å²) in [6.07, 6.45) is 3.58. The molecule has 8 nitrogen and oxygen atoms in total. The number of nitrogen functional groups attached to an aromatic ring is 1. The standard InChI is InChI=1S/C17H17N7O/c1-2-5-11-6-3-7-12(19-11)10-24-16-15(22-23-24)14(20-17(18)21-16)13-8-4-9-25-13/h3-4,6-9H,2,5,10H2,1H3,(H2,18,20,21). The highest BCUT2D eigenvalue weighted by atomic mass is 16.3. The van der Waals surface area contributed by atoms with E-state index < -0.39 is 0 Å². The number of furan rings is 1. The van der Waals surface area contributed by atoms with E-state index in [1.807, 2.05) is 18.2 Å². The molecule has 0 aliphatic rings. The molecule has 0 aliphatic carbocycles. The van der Waals surface area contributed by atoms with Crippen molar-refractivity contribution in [3.8, 4) is 11.5 Å². The number of aromatic nitrogens is 6. The highest BCUT2D eigenvalue weighted by Crippen LogP contribution is 2.25. The Kier molecular flexibility index (Phi) is 3.85. The summed E-state index contributed by atoms with van der Waals surface area (Å²) in [5.74, 6) is 0.726. The molecule has 0 fully saturated rings. The van der Waals surface area contributed by atoms with Crippen LogP contribution in [0.5, 0.6) is 0 Å². The molecule has 126 valence electrons. The van der Waals surface area contributed by atoms with Gasteiger partial charge in [0.15, 0.2) is 16.9 Å². The summed E-state index contributed by atoms with van der Waals surface area (Å²) in [7, 11) is 0. The van der Waals surface area contributed by atoms with Crippen molar-refractivity contribution in [1.82, 2.24) is 29.9 Å². The van der Waals surface area contributed by atoms with E-state index in [-0.39, 0.29) is 5.95 Å². The minimum absolute atomic E-state index is 0.148. The molecule has 4 aromatic heterocycles. The van der Waals surface area contributed by atoms with Gasteiger partial charge in [0, 0.05) is 5.69 Å². The molecule has 0 aliphatic heterocycles. The minimum atomic E-state index is 0.148.